The molecule has 2 heterocycles. The van der Waals surface area contributed by atoms with Crippen molar-refractivity contribution in [3.05, 3.63) is 29.5 Å². The van der Waals surface area contributed by atoms with Gasteiger partial charge in [0, 0.05) is 11.9 Å². The summed E-state index contributed by atoms with van der Waals surface area (Å²) in [7, 11) is 0. The predicted octanol–water partition coefficient (Wildman–Crippen LogP) is 2.78. The normalized spacial score (nSPS) is 18.5. The van der Waals surface area contributed by atoms with Crippen LogP contribution in [0.3, 0.4) is 0 Å². The summed E-state index contributed by atoms with van der Waals surface area (Å²) in [6.45, 7) is 5.42. The lowest BCUT2D eigenvalue weighted by atomic mass is 9.99. The van der Waals surface area contributed by atoms with E-state index in [9.17, 15) is 5.11 Å². The van der Waals surface area contributed by atoms with Crippen molar-refractivity contribution in [3.8, 4) is 0 Å². The number of piperidine rings is 1. The van der Waals surface area contributed by atoms with Crippen LogP contribution in [0.1, 0.15) is 42.9 Å². The van der Waals surface area contributed by atoms with Crippen molar-refractivity contribution in [1.82, 2.24) is 15.1 Å². The van der Waals surface area contributed by atoms with E-state index in [0.29, 0.717) is 0 Å². The van der Waals surface area contributed by atoms with E-state index in [4.69, 9.17) is 0 Å². The molecule has 0 amide bonds. The zero-order valence-corrected chi connectivity index (χ0v) is 12.1. The van der Waals surface area contributed by atoms with E-state index in [-0.39, 0.29) is 6.10 Å². The monoisotopic (exact) mass is 273 g/mol. The number of benzene rings is 1. The van der Waals surface area contributed by atoms with Crippen molar-refractivity contribution in [1.29, 1.82) is 0 Å². The van der Waals surface area contributed by atoms with Crippen LogP contribution in [-0.4, -0.2) is 39.8 Å². The summed E-state index contributed by atoms with van der Waals surface area (Å²) in [6, 6.07) is 4.14. The van der Waals surface area contributed by atoms with Crippen LogP contribution in [0.5, 0.6) is 0 Å². The minimum Gasteiger partial charge on any atom is -0.388 e. The Balaban J connectivity index is 1.67. The van der Waals surface area contributed by atoms with Gasteiger partial charge >= 0.3 is 0 Å². The van der Waals surface area contributed by atoms with Crippen molar-refractivity contribution >= 4 is 10.9 Å². The third kappa shape index (κ3) is 2.86. The number of H-pyrrole nitrogens is 1. The molecule has 2 N–H and O–H groups in total. The number of aliphatic hydroxyl groups is 1. The number of hydrogen-bond acceptors (Lipinski definition) is 3. The van der Waals surface area contributed by atoms with Gasteiger partial charge in [0.2, 0.25) is 0 Å². The molecule has 1 fully saturated rings. The van der Waals surface area contributed by atoms with Crippen molar-refractivity contribution in [2.45, 2.75) is 38.7 Å². The van der Waals surface area contributed by atoms with E-state index in [0.717, 1.165) is 35.0 Å². The van der Waals surface area contributed by atoms with E-state index < -0.39 is 0 Å². The zero-order chi connectivity index (χ0) is 13.9. The average molecular weight is 273 g/mol. The molecular formula is C16H23N3O. The molecule has 1 atom stereocenters. The summed E-state index contributed by atoms with van der Waals surface area (Å²) < 4.78 is 0. The first kappa shape index (κ1) is 13.6. The minimum absolute atomic E-state index is 0.378. The molecule has 1 unspecified atom stereocenters. The molecule has 1 aliphatic heterocycles. The lowest BCUT2D eigenvalue weighted by Gasteiger charge is -2.27. The van der Waals surface area contributed by atoms with Crippen LogP contribution < -0.4 is 0 Å². The maximum atomic E-state index is 10.5. The number of likely N-dealkylation sites (tertiary alicyclic amines) is 1. The van der Waals surface area contributed by atoms with Gasteiger partial charge in [0.1, 0.15) is 0 Å². The number of aromatic nitrogens is 2. The number of fused-ring (bicyclic) bond motifs is 1. The predicted molar refractivity (Wildman–Crippen MR) is 80.7 cm³/mol. The van der Waals surface area contributed by atoms with Crippen LogP contribution >= 0.6 is 0 Å². The molecule has 0 saturated carbocycles. The number of aryl methyl sites for hydroxylation is 1. The van der Waals surface area contributed by atoms with Crippen molar-refractivity contribution < 1.29 is 5.11 Å². The van der Waals surface area contributed by atoms with E-state index in [1.807, 2.05) is 6.20 Å². The maximum Gasteiger partial charge on any atom is 0.0805 e. The van der Waals surface area contributed by atoms with Gasteiger partial charge in [0.15, 0.2) is 0 Å². The summed E-state index contributed by atoms with van der Waals surface area (Å²) in [5, 5.41) is 18.6. The molecule has 4 nitrogen and oxygen atoms in total. The molecule has 1 aliphatic rings. The smallest absolute Gasteiger partial charge is 0.0805 e. The Kier molecular flexibility index (Phi) is 4.03. The summed E-state index contributed by atoms with van der Waals surface area (Å²) in [4.78, 5) is 2.47. The summed E-state index contributed by atoms with van der Waals surface area (Å²) in [5.74, 6) is 0. The summed E-state index contributed by atoms with van der Waals surface area (Å²) in [6.07, 6.45) is 6.21. The first-order chi connectivity index (χ1) is 9.74. The largest absolute Gasteiger partial charge is 0.388 e. The average Bonchev–Trinajstić information content (AvgIpc) is 2.92. The number of nitrogens with zero attached hydrogens (tertiary/aromatic N) is 2. The Morgan fingerprint density at radius 2 is 2.10 bits per heavy atom. The van der Waals surface area contributed by atoms with Crippen molar-refractivity contribution in [3.63, 3.8) is 0 Å². The van der Waals surface area contributed by atoms with Crippen LogP contribution in [0.25, 0.3) is 10.9 Å². The Bertz CT molecular complexity index is 572. The number of aliphatic hydroxyl groups excluding tert-OH is 1. The molecular weight excluding hydrogens is 250 g/mol. The third-order valence-corrected chi connectivity index (χ3v) is 4.35. The Hall–Kier alpha value is -1.39. The minimum atomic E-state index is -0.378. The quantitative estimate of drug-likeness (QED) is 0.900. The van der Waals surface area contributed by atoms with E-state index in [1.165, 1.54) is 32.4 Å². The van der Waals surface area contributed by atoms with Gasteiger partial charge in [0.25, 0.3) is 0 Å². The van der Waals surface area contributed by atoms with Gasteiger partial charge in [0.05, 0.1) is 17.8 Å². The third-order valence-electron chi connectivity index (χ3n) is 4.35. The molecule has 1 aromatic carbocycles. The second kappa shape index (κ2) is 5.94. The molecule has 1 saturated heterocycles. The van der Waals surface area contributed by atoms with Gasteiger partial charge < -0.3 is 10.0 Å². The summed E-state index contributed by atoms with van der Waals surface area (Å²) >= 11 is 0. The van der Waals surface area contributed by atoms with E-state index >= 15 is 0 Å². The van der Waals surface area contributed by atoms with Crippen LogP contribution in [0.2, 0.25) is 0 Å². The highest BCUT2D eigenvalue weighted by molar-refractivity contribution is 5.79. The van der Waals surface area contributed by atoms with Gasteiger partial charge in [-0.15, -0.1) is 0 Å². The highest BCUT2D eigenvalue weighted by Gasteiger charge is 2.15. The van der Waals surface area contributed by atoms with Crippen molar-refractivity contribution in [2.75, 3.05) is 19.6 Å². The fourth-order valence-corrected chi connectivity index (χ4v) is 3.12. The SMILES string of the molecule is Cc1cc2[nH]ncc2cc1C(O)CCN1CCCCC1. The standard InChI is InChI=1S/C16H23N3O/c1-12-9-15-13(11-17-18-15)10-14(12)16(20)5-8-19-6-3-2-4-7-19/h9-11,16,20H,2-8H2,1H3,(H,17,18). The Labute approximate surface area is 119 Å². The fourth-order valence-electron chi connectivity index (χ4n) is 3.12. The van der Waals surface area contributed by atoms with Gasteiger partial charge in [-0.2, -0.15) is 5.10 Å². The lowest BCUT2D eigenvalue weighted by molar-refractivity contribution is 0.133. The highest BCUT2D eigenvalue weighted by atomic mass is 16.3. The highest BCUT2D eigenvalue weighted by Crippen LogP contribution is 2.25. The maximum absolute atomic E-state index is 10.5. The van der Waals surface area contributed by atoms with Gasteiger partial charge in [-0.05, 0) is 62.5 Å². The van der Waals surface area contributed by atoms with Crippen molar-refractivity contribution in [2.24, 2.45) is 0 Å². The van der Waals surface area contributed by atoms with Gasteiger partial charge in [-0.25, -0.2) is 0 Å². The van der Waals surface area contributed by atoms with Gasteiger partial charge in [-0.3, -0.25) is 5.10 Å². The van der Waals surface area contributed by atoms with E-state index in [2.05, 4.69) is 34.2 Å². The summed E-state index contributed by atoms with van der Waals surface area (Å²) in [5.41, 5.74) is 3.21. The molecule has 20 heavy (non-hydrogen) atoms. The lowest BCUT2D eigenvalue weighted by Crippen LogP contribution is -2.31. The second-order valence-corrected chi connectivity index (χ2v) is 5.87. The molecule has 0 spiro atoms. The Morgan fingerprint density at radius 1 is 1.30 bits per heavy atom. The molecule has 1 aromatic heterocycles. The molecule has 4 heteroatoms. The van der Waals surface area contributed by atoms with E-state index in [1.54, 1.807) is 0 Å². The first-order valence-corrected chi connectivity index (χ1v) is 7.58. The molecule has 0 bridgehead atoms. The molecule has 0 aliphatic carbocycles. The number of aromatic amines is 1. The number of hydrogen-bond donors (Lipinski definition) is 2. The fraction of sp³-hybridized carbons (Fsp3) is 0.562. The molecule has 0 radical (unpaired) electrons. The van der Waals surface area contributed by atoms with Crippen LogP contribution in [0.15, 0.2) is 18.3 Å². The Morgan fingerprint density at radius 3 is 2.90 bits per heavy atom. The number of rotatable bonds is 4. The molecule has 2 aromatic rings. The van der Waals surface area contributed by atoms with Crippen LogP contribution in [-0.2, 0) is 0 Å². The number of nitrogens with one attached hydrogen (secondary N) is 1. The molecule has 108 valence electrons. The zero-order valence-electron chi connectivity index (χ0n) is 12.1. The molecule has 3 rings (SSSR count). The topological polar surface area (TPSA) is 52.1 Å². The van der Waals surface area contributed by atoms with Gasteiger partial charge in [-0.1, -0.05) is 6.42 Å². The second-order valence-electron chi connectivity index (χ2n) is 5.87. The first-order valence-electron chi connectivity index (χ1n) is 7.58. The van der Waals surface area contributed by atoms with Crippen LogP contribution in [0.4, 0.5) is 0 Å². The van der Waals surface area contributed by atoms with Crippen LogP contribution in [0, 0.1) is 6.92 Å².